The average Bonchev–Trinajstić information content (AvgIpc) is 3.73. The smallest absolute Gasteiger partial charge is 0.172 e. The van der Waals surface area contributed by atoms with Crippen molar-refractivity contribution < 1.29 is 9.47 Å². The Morgan fingerprint density at radius 2 is 0.755 bits per heavy atom. The van der Waals surface area contributed by atoms with E-state index in [0.717, 1.165) is 39.5 Å². The Bertz CT molecular complexity index is 3020. The number of hydrogen-bond acceptors (Lipinski definition) is 3. The highest BCUT2D eigenvalue weighted by Gasteiger charge is 2.23. The maximum absolute atomic E-state index is 6.45. The van der Waals surface area contributed by atoms with Crippen LogP contribution < -0.4 is 14.4 Å². The van der Waals surface area contributed by atoms with Crippen LogP contribution in [0.2, 0.25) is 0 Å². The standard InChI is InChI=1S/C48H31N3O2/c1-3-13-32(14-4-1)50-42-20-10-8-18-38(42)40-29-34(24-27-43(40)50)49(36-25-28-47-48(31-36)53-46-22-12-11-21-45(46)52-47)35-23-26-39-37-17-7-9-19-41(37)51(44(39)30-35)33-15-5-2-6-16-33/h1-31H. The second kappa shape index (κ2) is 11.7. The summed E-state index contributed by atoms with van der Waals surface area (Å²) in [6.07, 6.45) is 0. The van der Waals surface area contributed by atoms with Gasteiger partial charge in [0.25, 0.3) is 0 Å². The lowest BCUT2D eigenvalue weighted by molar-refractivity contribution is 0.360. The normalized spacial score (nSPS) is 12.1. The zero-order chi connectivity index (χ0) is 34.9. The van der Waals surface area contributed by atoms with Crippen LogP contribution in [0.25, 0.3) is 55.0 Å². The van der Waals surface area contributed by atoms with Crippen molar-refractivity contribution in [3.05, 3.63) is 188 Å². The van der Waals surface area contributed by atoms with Crippen LogP contribution in [0.5, 0.6) is 23.0 Å². The minimum atomic E-state index is 0.674. The summed E-state index contributed by atoms with van der Waals surface area (Å²) in [5.74, 6) is 2.78. The summed E-state index contributed by atoms with van der Waals surface area (Å²) in [6.45, 7) is 0. The van der Waals surface area contributed by atoms with Gasteiger partial charge in [0.2, 0.25) is 0 Å². The highest BCUT2D eigenvalue weighted by molar-refractivity contribution is 6.12. The maximum Gasteiger partial charge on any atom is 0.172 e. The Balaban J connectivity index is 1.16. The molecule has 53 heavy (non-hydrogen) atoms. The molecule has 0 N–H and O–H groups in total. The van der Waals surface area contributed by atoms with E-state index in [0.29, 0.717) is 23.0 Å². The summed E-state index contributed by atoms with van der Waals surface area (Å²) in [5.41, 5.74) is 9.90. The summed E-state index contributed by atoms with van der Waals surface area (Å²) in [5, 5.41) is 4.80. The molecule has 8 aromatic carbocycles. The molecule has 10 aromatic rings. The third-order valence-corrected chi connectivity index (χ3v) is 10.3. The van der Waals surface area contributed by atoms with Crippen LogP contribution in [0, 0.1) is 0 Å². The maximum atomic E-state index is 6.45. The summed E-state index contributed by atoms with van der Waals surface area (Å²) < 4.78 is 17.4. The molecule has 0 fully saturated rings. The monoisotopic (exact) mass is 681 g/mol. The predicted molar refractivity (Wildman–Crippen MR) is 216 cm³/mol. The molecule has 5 heteroatoms. The molecule has 0 bridgehead atoms. The molecule has 0 radical (unpaired) electrons. The summed E-state index contributed by atoms with van der Waals surface area (Å²) >= 11 is 0. The van der Waals surface area contributed by atoms with Crippen LogP contribution in [-0.4, -0.2) is 9.13 Å². The topological polar surface area (TPSA) is 31.6 Å². The quantitative estimate of drug-likeness (QED) is 0.181. The van der Waals surface area contributed by atoms with Gasteiger partial charge in [0.15, 0.2) is 23.0 Å². The SMILES string of the molecule is c1ccc(-n2c3ccccc3c3cc(N(c4ccc5c(c4)Oc4ccccc4O5)c4ccc5c6ccccc6n(-c6ccccc6)c5c4)ccc32)cc1. The van der Waals surface area contributed by atoms with Gasteiger partial charge >= 0.3 is 0 Å². The van der Waals surface area contributed by atoms with Crippen LogP contribution >= 0.6 is 0 Å². The number of benzene rings is 8. The fourth-order valence-corrected chi connectivity index (χ4v) is 8.01. The van der Waals surface area contributed by atoms with Crippen LogP contribution in [-0.2, 0) is 0 Å². The molecule has 0 saturated heterocycles. The minimum absolute atomic E-state index is 0.674. The highest BCUT2D eigenvalue weighted by Crippen LogP contribution is 2.49. The van der Waals surface area contributed by atoms with Crippen molar-refractivity contribution in [2.75, 3.05) is 4.90 Å². The van der Waals surface area contributed by atoms with E-state index in [9.17, 15) is 0 Å². The molecule has 0 amide bonds. The van der Waals surface area contributed by atoms with Gasteiger partial charge in [-0.15, -0.1) is 0 Å². The number of nitrogens with zero attached hydrogens (tertiary/aromatic N) is 3. The highest BCUT2D eigenvalue weighted by atomic mass is 16.6. The zero-order valence-electron chi connectivity index (χ0n) is 28.6. The fraction of sp³-hybridized carbons (Fsp3) is 0. The molecule has 1 aliphatic heterocycles. The van der Waals surface area contributed by atoms with Crippen molar-refractivity contribution in [1.82, 2.24) is 9.13 Å². The largest absolute Gasteiger partial charge is 0.450 e. The first-order valence-corrected chi connectivity index (χ1v) is 17.8. The lowest BCUT2D eigenvalue weighted by Gasteiger charge is -2.28. The average molecular weight is 682 g/mol. The first-order valence-electron chi connectivity index (χ1n) is 17.8. The first kappa shape index (κ1) is 29.5. The summed E-state index contributed by atoms with van der Waals surface area (Å²) in [6, 6.07) is 66.1. The molecule has 0 saturated carbocycles. The lowest BCUT2D eigenvalue weighted by atomic mass is 10.1. The molecular weight excluding hydrogens is 651 g/mol. The third-order valence-electron chi connectivity index (χ3n) is 10.3. The van der Waals surface area contributed by atoms with Crippen molar-refractivity contribution in [2.24, 2.45) is 0 Å². The Morgan fingerprint density at radius 3 is 1.45 bits per heavy atom. The van der Waals surface area contributed by atoms with E-state index in [4.69, 9.17) is 9.47 Å². The van der Waals surface area contributed by atoms with Crippen molar-refractivity contribution in [3.63, 3.8) is 0 Å². The molecule has 250 valence electrons. The molecule has 5 nitrogen and oxygen atoms in total. The van der Waals surface area contributed by atoms with Gasteiger partial charge in [-0.05, 0) is 91.0 Å². The zero-order valence-corrected chi connectivity index (χ0v) is 28.6. The third kappa shape index (κ3) is 4.64. The predicted octanol–water partition coefficient (Wildman–Crippen LogP) is 13.2. The minimum Gasteiger partial charge on any atom is -0.450 e. The number of fused-ring (bicyclic) bond motifs is 8. The van der Waals surface area contributed by atoms with E-state index >= 15 is 0 Å². The van der Waals surface area contributed by atoms with Gasteiger partial charge in [0.05, 0.1) is 27.8 Å². The van der Waals surface area contributed by atoms with Crippen molar-refractivity contribution in [3.8, 4) is 34.4 Å². The number of ether oxygens (including phenoxy) is 2. The van der Waals surface area contributed by atoms with Gasteiger partial charge in [-0.2, -0.15) is 0 Å². The van der Waals surface area contributed by atoms with Gasteiger partial charge < -0.3 is 23.5 Å². The van der Waals surface area contributed by atoms with Crippen LogP contribution in [0.4, 0.5) is 17.1 Å². The first-order chi connectivity index (χ1) is 26.3. The van der Waals surface area contributed by atoms with Gasteiger partial charge in [-0.3, -0.25) is 0 Å². The Kier molecular flexibility index (Phi) is 6.48. The van der Waals surface area contributed by atoms with Gasteiger partial charge in [-0.1, -0.05) is 91.0 Å². The van der Waals surface area contributed by atoms with E-state index in [2.05, 4.69) is 172 Å². The second-order valence-electron chi connectivity index (χ2n) is 13.4. The molecule has 1 aliphatic rings. The molecule has 2 aromatic heterocycles. The van der Waals surface area contributed by atoms with E-state index in [-0.39, 0.29) is 0 Å². The molecule has 0 unspecified atom stereocenters. The number of rotatable bonds is 5. The van der Waals surface area contributed by atoms with E-state index in [1.807, 2.05) is 30.3 Å². The Morgan fingerprint density at radius 1 is 0.302 bits per heavy atom. The molecule has 0 aliphatic carbocycles. The number of anilines is 3. The lowest BCUT2D eigenvalue weighted by Crippen LogP contribution is -2.11. The molecule has 0 atom stereocenters. The molecule has 0 spiro atoms. The van der Waals surface area contributed by atoms with E-state index in [1.54, 1.807) is 0 Å². The van der Waals surface area contributed by atoms with E-state index in [1.165, 1.54) is 32.6 Å². The summed E-state index contributed by atoms with van der Waals surface area (Å²) in [4.78, 5) is 2.32. The van der Waals surface area contributed by atoms with Crippen molar-refractivity contribution in [2.45, 2.75) is 0 Å². The molecular formula is C48H31N3O2. The van der Waals surface area contributed by atoms with Gasteiger partial charge in [0, 0.05) is 50.4 Å². The Labute approximate surface area is 305 Å². The van der Waals surface area contributed by atoms with E-state index < -0.39 is 0 Å². The van der Waals surface area contributed by atoms with Crippen molar-refractivity contribution >= 4 is 60.7 Å². The molecule has 3 heterocycles. The second-order valence-corrected chi connectivity index (χ2v) is 13.4. The van der Waals surface area contributed by atoms with Gasteiger partial charge in [0.1, 0.15) is 0 Å². The van der Waals surface area contributed by atoms with Crippen molar-refractivity contribution in [1.29, 1.82) is 0 Å². The number of para-hydroxylation sites is 6. The van der Waals surface area contributed by atoms with Gasteiger partial charge in [-0.25, -0.2) is 0 Å². The fourth-order valence-electron chi connectivity index (χ4n) is 8.01. The number of aromatic nitrogens is 2. The Hall–Kier alpha value is -7.24. The van der Waals surface area contributed by atoms with Crippen LogP contribution in [0.3, 0.4) is 0 Å². The molecule has 11 rings (SSSR count). The number of hydrogen-bond donors (Lipinski definition) is 0. The van der Waals surface area contributed by atoms with Crippen LogP contribution in [0.1, 0.15) is 0 Å². The van der Waals surface area contributed by atoms with Crippen LogP contribution in [0.15, 0.2) is 188 Å². The summed E-state index contributed by atoms with van der Waals surface area (Å²) in [7, 11) is 0.